The standard InChI is InChI=1S/C43H27NO/c1-2-13-29(14-3-1)44-38-22-10-6-17-33(38)42-30(18-12-23-39(42)44)28-25-26-41-37(27-28)43(36-21-9-11-24-40(36)45-41)34-19-7-4-15-31(34)32-16-5-8-20-35(32)43/h1-27H. The molecule has 0 N–H and O–H groups in total. The fourth-order valence-corrected chi connectivity index (χ4v) is 8.14. The lowest BCUT2D eigenvalue weighted by Crippen LogP contribution is -2.32. The Morgan fingerprint density at radius 1 is 0.422 bits per heavy atom. The Bertz CT molecular complexity index is 2420. The summed E-state index contributed by atoms with van der Waals surface area (Å²) < 4.78 is 9.09. The van der Waals surface area contributed by atoms with Crippen LogP contribution in [0.5, 0.6) is 11.5 Å². The van der Waals surface area contributed by atoms with Gasteiger partial charge < -0.3 is 9.30 Å². The Balaban J connectivity index is 1.30. The van der Waals surface area contributed by atoms with Gasteiger partial charge in [0.15, 0.2) is 0 Å². The molecule has 2 heteroatoms. The van der Waals surface area contributed by atoms with Gasteiger partial charge in [-0.1, -0.05) is 121 Å². The van der Waals surface area contributed by atoms with Gasteiger partial charge in [0.25, 0.3) is 0 Å². The molecule has 8 aromatic rings. The molecule has 1 aliphatic carbocycles. The maximum Gasteiger partial charge on any atom is 0.132 e. The average Bonchev–Trinajstić information content (AvgIpc) is 3.60. The van der Waals surface area contributed by atoms with E-state index < -0.39 is 5.41 Å². The number of para-hydroxylation sites is 3. The molecule has 10 rings (SSSR count). The minimum Gasteiger partial charge on any atom is -0.457 e. The minimum atomic E-state index is -0.487. The van der Waals surface area contributed by atoms with Gasteiger partial charge in [-0.2, -0.15) is 0 Å². The van der Waals surface area contributed by atoms with E-state index in [0.717, 1.165) is 17.2 Å². The average molecular weight is 574 g/mol. The number of rotatable bonds is 2. The number of fused-ring (bicyclic) bond motifs is 12. The highest BCUT2D eigenvalue weighted by Crippen LogP contribution is 2.62. The Labute approximate surface area is 261 Å². The molecule has 0 atom stereocenters. The summed E-state index contributed by atoms with van der Waals surface area (Å²) in [4.78, 5) is 0. The van der Waals surface area contributed by atoms with Crippen molar-refractivity contribution in [2.75, 3.05) is 0 Å². The van der Waals surface area contributed by atoms with Crippen molar-refractivity contribution < 1.29 is 4.74 Å². The number of aromatic nitrogens is 1. The van der Waals surface area contributed by atoms with Gasteiger partial charge in [-0.3, -0.25) is 0 Å². The Morgan fingerprint density at radius 2 is 1.02 bits per heavy atom. The van der Waals surface area contributed by atoms with Gasteiger partial charge in [-0.15, -0.1) is 0 Å². The van der Waals surface area contributed by atoms with E-state index in [1.807, 2.05) is 0 Å². The lowest BCUT2D eigenvalue weighted by molar-refractivity contribution is 0.436. The van der Waals surface area contributed by atoms with E-state index in [0.29, 0.717) is 0 Å². The van der Waals surface area contributed by atoms with Gasteiger partial charge >= 0.3 is 0 Å². The molecular formula is C43H27NO. The first-order chi connectivity index (χ1) is 22.3. The zero-order valence-corrected chi connectivity index (χ0v) is 24.4. The van der Waals surface area contributed by atoms with Crippen LogP contribution in [0.25, 0.3) is 49.7 Å². The van der Waals surface area contributed by atoms with E-state index in [9.17, 15) is 0 Å². The van der Waals surface area contributed by atoms with E-state index in [4.69, 9.17) is 4.74 Å². The maximum absolute atomic E-state index is 6.70. The first-order valence-electron chi connectivity index (χ1n) is 15.5. The van der Waals surface area contributed by atoms with Gasteiger partial charge in [0.2, 0.25) is 0 Å². The summed E-state index contributed by atoms with van der Waals surface area (Å²) in [6, 6.07) is 59.3. The van der Waals surface area contributed by atoms with Gasteiger partial charge in [-0.25, -0.2) is 0 Å². The molecule has 0 amide bonds. The highest BCUT2D eigenvalue weighted by Gasteiger charge is 2.51. The summed E-state index contributed by atoms with van der Waals surface area (Å²) in [6.07, 6.45) is 0. The van der Waals surface area contributed by atoms with E-state index >= 15 is 0 Å². The van der Waals surface area contributed by atoms with Crippen LogP contribution in [0.15, 0.2) is 164 Å². The molecule has 1 aliphatic heterocycles. The maximum atomic E-state index is 6.70. The van der Waals surface area contributed by atoms with Gasteiger partial charge in [-0.05, 0) is 75.8 Å². The van der Waals surface area contributed by atoms with Crippen LogP contribution in [-0.4, -0.2) is 4.57 Å². The van der Waals surface area contributed by atoms with Crippen molar-refractivity contribution in [2.24, 2.45) is 0 Å². The fourth-order valence-electron chi connectivity index (χ4n) is 8.14. The minimum absolute atomic E-state index is 0.487. The van der Waals surface area contributed by atoms with E-state index in [-0.39, 0.29) is 0 Å². The van der Waals surface area contributed by atoms with Crippen molar-refractivity contribution in [3.05, 3.63) is 186 Å². The molecule has 7 aromatic carbocycles. The summed E-state index contributed by atoms with van der Waals surface area (Å²) >= 11 is 0. The molecule has 0 bridgehead atoms. The van der Waals surface area contributed by atoms with Crippen LogP contribution < -0.4 is 4.74 Å². The smallest absolute Gasteiger partial charge is 0.132 e. The van der Waals surface area contributed by atoms with Gasteiger partial charge in [0.1, 0.15) is 11.5 Å². The van der Waals surface area contributed by atoms with Gasteiger partial charge in [0, 0.05) is 27.6 Å². The zero-order valence-electron chi connectivity index (χ0n) is 24.4. The first kappa shape index (κ1) is 24.6. The molecule has 0 saturated carbocycles. The molecule has 0 saturated heterocycles. The normalized spacial score (nSPS) is 13.7. The topological polar surface area (TPSA) is 14.2 Å². The summed E-state index contributed by atoms with van der Waals surface area (Å²) in [5, 5.41) is 2.51. The third-order valence-corrected chi connectivity index (χ3v) is 9.87. The lowest BCUT2D eigenvalue weighted by Gasteiger charge is -2.39. The van der Waals surface area contributed by atoms with Crippen molar-refractivity contribution in [3.8, 4) is 39.4 Å². The molecule has 2 nitrogen and oxygen atoms in total. The van der Waals surface area contributed by atoms with E-state index in [1.165, 1.54) is 66.3 Å². The summed E-state index contributed by atoms with van der Waals surface area (Å²) in [7, 11) is 0. The number of nitrogens with zero attached hydrogens (tertiary/aromatic N) is 1. The monoisotopic (exact) mass is 573 g/mol. The van der Waals surface area contributed by atoms with Crippen molar-refractivity contribution in [1.82, 2.24) is 4.57 Å². The fraction of sp³-hybridized carbons (Fsp3) is 0.0233. The Kier molecular flexibility index (Phi) is 4.95. The van der Waals surface area contributed by atoms with E-state index in [2.05, 4.69) is 168 Å². The SMILES string of the molecule is c1ccc(-n2c3ccccc3c3c(-c4ccc5c(c4)C4(c6ccccc6O5)c5ccccc5-c5ccccc54)cccc32)cc1. The van der Waals surface area contributed by atoms with Crippen LogP contribution in [0.4, 0.5) is 0 Å². The van der Waals surface area contributed by atoms with Crippen LogP contribution in [0.1, 0.15) is 22.3 Å². The lowest BCUT2D eigenvalue weighted by atomic mass is 9.65. The molecule has 0 fully saturated rings. The predicted octanol–water partition coefficient (Wildman–Crippen LogP) is 10.9. The third-order valence-electron chi connectivity index (χ3n) is 9.87. The molecule has 210 valence electrons. The molecule has 1 aromatic heterocycles. The van der Waals surface area contributed by atoms with Crippen molar-refractivity contribution in [3.63, 3.8) is 0 Å². The quantitative estimate of drug-likeness (QED) is 0.201. The Hall–Kier alpha value is -5.86. The van der Waals surface area contributed by atoms with Gasteiger partial charge in [0.05, 0.1) is 16.4 Å². The number of hydrogen-bond donors (Lipinski definition) is 0. The second kappa shape index (κ2) is 9.07. The molecule has 2 heterocycles. The van der Waals surface area contributed by atoms with Crippen LogP contribution >= 0.6 is 0 Å². The summed E-state index contributed by atoms with van der Waals surface area (Å²) in [5.74, 6) is 1.82. The highest BCUT2D eigenvalue weighted by atomic mass is 16.5. The van der Waals surface area contributed by atoms with Crippen molar-refractivity contribution >= 4 is 21.8 Å². The zero-order chi connectivity index (χ0) is 29.5. The number of benzene rings is 7. The van der Waals surface area contributed by atoms with Crippen LogP contribution in [0.3, 0.4) is 0 Å². The second-order valence-electron chi connectivity index (χ2n) is 12.0. The van der Waals surface area contributed by atoms with Crippen LogP contribution in [0, 0.1) is 0 Å². The molecule has 2 aliphatic rings. The van der Waals surface area contributed by atoms with Crippen LogP contribution in [0.2, 0.25) is 0 Å². The number of hydrogen-bond acceptors (Lipinski definition) is 1. The van der Waals surface area contributed by atoms with Crippen molar-refractivity contribution in [1.29, 1.82) is 0 Å². The predicted molar refractivity (Wildman–Crippen MR) is 184 cm³/mol. The Morgan fingerprint density at radius 3 is 1.82 bits per heavy atom. The van der Waals surface area contributed by atoms with Crippen molar-refractivity contribution in [2.45, 2.75) is 5.41 Å². The first-order valence-corrected chi connectivity index (χ1v) is 15.5. The van der Waals surface area contributed by atoms with E-state index in [1.54, 1.807) is 0 Å². The highest BCUT2D eigenvalue weighted by molar-refractivity contribution is 6.15. The molecule has 1 spiro atoms. The molecule has 45 heavy (non-hydrogen) atoms. The summed E-state index contributed by atoms with van der Waals surface area (Å²) in [6.45, 7) is 0. The number of ether oxygens (including phenoxy) is 1. The third kappa shape index (κ3) is 3.18. The largest absolute Gasteiger partial charge is 0.457 e. The second-order valence-corrected chi connectivity index (χ2v) is 12.0. The summed E-state index contributed by atoms with van der Waals surface area (Å²) in [5.41, 5.74) is 13.0. The molecule has 0 radical (unpaired) electrons. The molecule has 0 unspecified atom stereocenters. The van der Waals surface area contributed by atoms with Crippen LogP contribution in [-0.2, 0) is 5.41 Å². The molecular weight excluding hydrogens is 546 g/mol.